The molecule has 0 heterocycles. The maximum atomic E-state index is 9.23. The molecule has 3 N–H and O–H groups in total. The van der Waals surface area contributed by atoms with Crippen molar-refractivity contribution < 1.29 is 5.11 Å². The van der Waals surface area contributed by atoms with Gasteiger partial charge in [-0.15, -0.1) is 0 Å². The molecule has 2 heteroatoms. The Labute approximate surface area is 75.2 Å². The van der Waals surface area contributed by atoms with Gasteiger partial charge in [0.1, 0.15) is 0 Å². The maximum absolute atomic E-state index is 9.23. The Morgan fingerprint density at radius 3 is 2.42 bits per heavy atom. The molecule has 0 bridgehead atoms. The van der Waals surface area contributed by atoms with Crippen LogP contribution in [0.15, 0.2) is 0 Å². The molecule has 0 aromatic carbocycles. The molecular formula is C10H21NO. The maximum Gasteiger partial charge on any atom is 0.0663 e. The van der Waals surface area contributed by atoms with Gasteiger partial charge in [-0.3, -0.25) is 0 Å². The van der Waals surface area contributed by atoms with Crippen LogP contribution in [0.25, 0.3) is 0 Å². The standard InChI is InChI=1S/C10H21NO/c1-8(12)10(11)7-9-5-3-2-4-6-9/h8-10,12H,2-7,11H2,1H3. The third kappa shape index (κ3) is 3.11. The van der Waals surface area contributed by atoms with E-state index in [0.717, 1.165) is 12.3 Å². The molecule has 2 unspecified atom stereocenters. The molecule has 1 rings (SSSR count). The second kappa shape index (κ2) is 4.83. The van der Waals surface area contributed by atoms with Gasteiger partial charge < -0.3 is 10.8 Å². The highest BCUT2D eigenvalue weighted by atomic mass is 16.3. The van der Waals surface area contributed by atoms with Crippen molar-refractivity contribution >= 4 is 0 Å². The molecule has 1 saturated carbocycles. The second-order valence-electron chi connectivity index (χ2n) is 4.14. The lowest BCUT2D eigenvalue weighted by molar-refractivity contribution is 0.143. The average molecular weight is 171 g/mol. The summed E-state index contributed by atoms with van der Waals surface area (Å²) in [5.41, 5.74) is 5.80. The molecule has 0 radical (unpaired) electrons. The molecule has 0 spiro atoms. The molecular weight excluding hydrogens is 150 g/mol. The van der Waals surface area contributed by atoms with Crippen molar-refractivity contribution in [2.24, 2.45) is 11.7 Å². The topological polar surface area (TPSA) is 46.2 Å². The first-order valence-corrected chi connectivity index (χ1v) is 5.14. The van der Waals surface area contributed by atoms with E-state index in [-0.39, 0.29) is 12.1 Å². The first-order chi connectivity index (χ1) is 5.70. The summed E-state index contributed by atoms with van der Waals surface area (Å²) >= 11 is 0. The fourth-order valence-electron chi connectivity index (χ4n) is 2.00. The van der Waals surface area contributed by atoms with Gasteiger partial charge in [-0.2, -0.15) is 0 Å². The molecule has 2 atom stereocenters. The zero-order chi connectivity index (χ0) is 8.97. The van der Waals surface area contributed by atoms with Gasteiger partial charge in [-0.25, -0.2) is 0 Å². The minimum atomic E-state index is -0.341. The van der Waals surface area contributed by atoms with Crippen molar-refractivity contribution in [3.63, 3.8) is 0 Å². The SMILES string of the molecule is CC(O)C(N)CC1CCCCC1. The number of rotatable bonds is 3. The molecule has 0 aliphatic heterocycles. The largest absolute Gasteiger partial charge is 0.392 e. The number of aliphatic hydroxyl groups is 1. The second-order valence-corrected chi connectivity index (χ2v) is 4.14. The molecule has 0 aromatic heterocycles. The predicted octanol–water partition coefficient (Wildman–Crippen LogP) is 1.66. The highest BCUT2D eigenvalue weighted by molar-refractivity contribution is 4.75. The highest BCUT2D eigenvalue weighted by Gasteiger charge is 2.18. The Bertz CT molecular complexity index is 119. The normalized spacial score (nSPS) is 25.2. The third-order valence-corrected chi connectivity index (χ3v) is 2.95. The lowest BCUT2D eigenvalue weighted by Gasteiger charge is -2.25. The van der Waals surface area contributed by atoms with E-state index in [0.29, 0.717) is 0 Å². The Kier molecular flexibility index (Phi) is 4.02. The zero-order valence-corrected chi connectivity index (χ0v) is 8.00. The van der Waals surface area contributed by atoms with Crippen LogP contribution in [0.2, 0.25) is 0 Å². The predicted molar refractivity (Wildman–Crippen MR) is 50.8 cm³/mol. The molecule has 1 fully saturated rings. The smallest absolute Gasteiger partial charge is 0.0663 e. The van der Waals surface area contributed by atoms with Crippen LogP contribution in [0.5, 0.6) is 0 Å². The summed E-state index contributed by atoms with van der Waals surface area (Å²) in [4.78, 5) is 0. The number of hydrogen-bond acceptors (Lipinski definition) is 2. The molecule has 2 nitrogen and oxygen atoms in total. The van der Waals surface area contributed by atoms with Crippen molar-refractivity contribution in [1.29, 1.82) is 0 Å². The van der Waals surface area contributed by atoms with Crippen molar-refractivity contribution in [2.75, 3.05) is 0 Å². The fourth-order valence-corrected chi connectivity index (χ4v) is 2.00. The first kappa shape index (κ1) is 10.0. The van der Waals surface area contributed by atoms with E-state index in [9.17, 15) is 5.11 Å². The van der Waals surface area contributed by atoms with E-state index >= 15 is 0 Å². The van der Waals surface area contributed by atoms with Crippen molar-refractivity contribution in [3.05, 3.63) is 0 Å². The number of aliphatic hydroxyl groups excluding tert-OH is 1. The van der Waals surface area contributed by atoms with Crippen LogP contribution in [0.4, 0.5) is 0 Å². The Hall–Kier alpha value is -0.0800. The summed E-state index contributed by atoms with van der Waals surface area (Å²) in [5, 5.41) is 9.23. The van der Waals surface area contributed by atoms with Crippen molar-refractivity contribution in [1.82, 2.24) is 0 Å². The summed E-state index contributed by atoms with van der Waals surface area (Å²) in [5.74, 6) is 0.781. The van der Waals surface area contributed by atoms with Crippen molar-refractivity contribution in [3.8, 4) is 0 Å². The molecule has 0 saturated heterocycles. The van der Waals surface area contributed by atoms with E-state index in [1.807, 2.05) is 0 Å². The summed E-state index contributed by atoms with van der Waals surface area (Å²) < 4.78 is 0. The number of nitrogens with two attached hydrogens (primary N) is 1. The Morgan fingerprint density at radius 2 is 1.92 bits per heavy atom. The summed E-state index contributed by atoms with van der Waals surface area (Å²) in [6.07, 6.45) is 7.42. The molecule has 72 valence electrons. The number of hydrogen-bond donors (Lipinski definition) is 2. The van der Waals surface area contributed by atoms with E-state index in [2.05, 4.69) is 0 Å². The van der Waals surface area contributed by atoms with Gasteiger partial charge in [0, 0.05) is 6.04 Å². The van der Waals surface area contributed by atoms with Crippen LogP contribution in [0.1, 0.15) is 45.4 Å². The lowest BCUT2D eigenvalue weighted by atomic mass is 9.84. The van der Waals surface area contributed by atoms with Gasteiger partial charge >= 0.3 is 0 Å². The minimum Gasteiger partial charge on any atom is -0.392 e. The molecule has 12 heavy (non-hydrogen) atoms. The molecule has 1 aliphatic carbocycles. The van der Waals surface area contributed by atoms with Crippen LogP contribution < -0.4 is 5.73 Å². The molecule has 0 amide bonds. The molecule has 0 aromatic rings. The summed E-state index contributed by atoms with van der Waals surface area (Å²) in [6.45, 7) is 1.79. The van der Waals surface area contributed by atoms with E-state index in [1.54, 1.807) is 6.92 Å². The van der Waals surface area contributed by atoms with Gasteiger partial charge in [0.25, 0.3) is 0 Å². The van der Waals surface area contributed by atoms with Crippen LogP contribution in [0, 0.1) is 5.92 Å². The van der Waals surface area contributed by atoms with Crippen LogP contribution in [-0.2, 0) is 0 Å². The van der Waals surface area contributed by atoms with Gasteiger partial charge in [0.2, 0.25) is 0 Å². The first-order valence-electron chi connectivity index (χ1n) is 5.14. The third-order valence-electron chi connectivity index (χ3n) is 2.95. The van der Waals surface area contributed by atoms with Gasteiger partial charge in [-0.05, 0) is 19.3 Å². The zero-order valence-electron chi connectivity index (χ0n) is 8.00. The van der Waals surface area contributed by atoms with E-state index < -0.39 is 0 Å². The minimum absolute atomic E-state index is 0.00639. The van der Waals surface area contributed by atoms with Gasteiger partial charge in [-0.1, -0.05) is 32.1 Å². The Balaban J connectivity index is 2.20. The quantitative estimate of drug-likeness (QED) is 0.678. The Morgan fingerprint density at radius 1 is 1.33 bits per heavy atom. The van der Waals surface area contributed by atoms with Crippen molar-refractivity contribution in [2.45, 2.75) is 57.6 Å². The van der Waals surface area contributed by atoms with Gasteiger partial charge in [0.05, 0.1) is 6.10 Å². The van der Waals surface area contributed by atoms with E-state index in [1.165, 1.54) is 32.1 Å². The summed E-state index contributed by atoms with van der Waals surface area (Å²) in [7, 11) is 0. The van der Waals surface area contributed by atoms with Crippen LogP contribution >= 0.6 is 0 Å². The summed E-state index contributed by atoms with van der Waals surface area (Å²) in [6, 6.07) is -0.00639. The fraction of sp³-hybridized carbons (Fsp3) is 1.00. The lowest BCUT2D eigenvalue weighted by Crippen LogP contribution is -2.34. The van der Waals surface area contributed by atoms with Crippen LogP contribution in [0.3, 0.4) is 0 Å². The van der Waals surface area contributed by atoms with E-state index in [4.69, 9.17) is 5.73 Å². The highest BCUT2D eigenvalue weighted by Crippen LogP contribution is 2.27. The van der Waals surface area contributed by atoms with Gasteiger partial charge in [0.15, 0.2) is 0 Å². The average Bonchev–Trinajstić information content (AvgIpc) is 2.06. The van der Waals surface area contributed by atoms with Crippen LogP contribution in [-0.4, -0.2) is 17.3 Å². The molecule has 1 aliphatic rings. The monoisotopic (exact) mass is 171 g/mol.